The van der Waals surface area contributed by atoms with E-state index < -0.39 is 27.9 Å². The number of ether oxygens (including phenoxy) is 2. The van der Waals surface area contributed by atoms with Crippen molar-refractivity contribution in [2.75, 3.05) is 18.4 Å². The van der Waals surface area contributed by atoms with Crippen LogP contribution in [0.1, 0.15) is 23.2 Å². The Kier molecular flexibility index (Phi) is 6.35. The first-order valence-corrected chi connectivity index (χ1v) is 10.4. The Morgan fingerprint density at radius 1 is 1.10 bits per heavy atom. The van der Waals surface area contributed by atoms with Gasteiger partial charge in [0, 0.05) is 17.9 Å². The van der Waals surface area contributed by atoms with Crippen molar-refractivity contribution in [3.05, 3.63) is 54.1 Å². The molecule has 0 aliphatic carbocycles. The number of hydrazine groups is 1. The molecule has 29 heavy (non-hydrogen) atoms. The summed E-state index contributed by atoms with van der Waals surface area (Å²) in [7, 11) is -2.40. The van der Waals surface area contributed by atoms with E-state index in [1.54, 1.807) is 24.3 Å². The number of carbonyl (C=O) groups excluding carboxylic acids is 2. The third-order valence-electron chi connectivity index (χ3n) is 4.27. The number of benzene rings is 2. The van der Waals surface area contributed by atoms with Crippen molar-refractivity contribution in [2.45, 2.75) is 23.8 Å². The lowest BCUT2D eigenvalue weighted by Crippen LogP contribution is -2.46. The highest BCUT2D eigenvalue weighted by Crippen LogP contribution is 2.20. The second-order valence-electron chi connectivity index (χ2n) is 6.31. The van der Waals surface area contributed by atoms with Crippen LogP contribution < -0.4 is 20.3 Å². The molecule has 1 unspecified atom stereocenters. The molecule has 2 aromatic carbocycles. The van der Waals surface area contributed by atoms with E-state index in [4.69, 9.17) is 9.47 Å². The van der Waals surface area contributed by atoms with Gasteiger partial charge in [-0.25, -0.2) is 8.42 Å². The number of sulfonamides is 1. The van der Waals surface area contributed by atoms with Gasteiger partial charge in [-0.3, -0.25) is 25.2 Å². The van der Waals surface area contributed by atoms with Crippen LogP contribution in [-0.4, -0.2) is 40.1 Å². The largest absolute Gasteiger partial charge is 0.497 e. The second-order valence-corrected chi connectivity index (χ2v) is 7.99. The minimum Gasteiger partial charge on any atom is -0.497 e. The first-order valence-electron chi connectivity index (χ1n) is 8.88. The summed E-state index contributed by atoms with van der Waals surface area (Å²) < 4.78 is 37.9. The predicted molar refractivity (Wildman–Crippen MR) is 105 cm³/mol. The van der Waals surface area contributed by atoms with E-state index in [9.17, 15) is 18.0 Å². The Morgan fingerprint density at radius 2 is 1.86 bits per heavy atom. The van der Waals surface area contributed by atoms with Crippen LogP contribution in [0.4, 0.5) is 5.69 Å². The van der Waals surface area contributed by atoms with Crippen LogP contribution in [-0.2, 0) is 19.6 Å². The Balaban J connectivity index is 1.66. The fourth-order valence-electron chi connectivity index (χ4n) is 2.73. The molecular formula is C19H21N3O6S. The van der Waals surface area contributed by atoms with Crippen LogP contribution in [0.3, 0.4) is 0 Å². The maximum atomic E-state index is 12.6. The minimum atomic E-state index is -3.91. The Bertz CT molecular complexity index is 985. The van der Waals surface area contributed by atoms with E-state index >= 15 is 0 Å². The number of amides is 2. The van der Waals surface area contributed by atoms with Gasteiger partial charge >= 0.3 is 0 Å². The van der Waals surface area contributed by atoms with Crippen molar-refractivity contribution in [2.24, 2.45) is 0 Å². The van der Waals surface area contributed by atoms with Crippen LogP contribution in [0, 0.1) is 0 Å². The third-order valence-corrected chi connectivity index (χ3v) is 5.65. The van der Waals surface area contributed by atoms with Crippen molar-refractivity contribution >= 4 is 27.5 Å². The molecular weight excluding hydrogens is 398 g/mol. The number of hydrogen-bond acceptors (Lipinski definition) is 6. The summed E-state index contributed by atoms with van der Waals surface area (Å²) >= 11 is 0. The highest BCUT2D eigenvalue weighted by molar-refractivity contribution is 7.92. The van der Waals surface area contributed by atoms with E-state index in [1.165, 1.54) is 31.4 Å². The molecule has 1 saturated heterocycles. The fraction of sp³-hybridized carbons (Fsp3) is 0.263. The first-order chi connectivity index (χ1) is 13.9. The fourth-order valence-corrected chi connectivity index (χ4v) is 3.84. The molecule has 0 aromatic heterocycles. The lowest BCUT2D eigenvalue weighted by Gasteiger charge is -2.12. The summed E-state index contributed by atoms with van der Waals surface area (Å²) in [5.41, 5.74) is 4.99. The molecule has 0 radical (unpaired) electrons. The average Bonchev–Trinajstić information content (AvgIpc) is 3.27. The van der Waals surface area contributed by atoms with Gasteiger partial charge in [-0.1, -0.05) is 6.07 Å². The van der Waals surface area contributed by atoms with Crippen molar-refractivity contribution in [1.29, 1.82) is 0 Å². The SMILES string of the molecule is COc1ccc(NS(=O)(=O)c2cccc(C(=O)NNC(=O)C3CCCO3)c2)cc1. The van der Waals surface area contributed by atoms with Crippen molar-refractivity contribution in [3.8, 4) is 5.75 Å². The zero-order valence-electron chi connectivity index (χ0n) is 15.7. The van der Waals surface area contributed by atoms with E-state index in [2.05, 4.69) is 15.6 Å². The molecule has 0 saturated carbocycles. The quantitative estimate of drug-likeness (QED) is 0.609. The highest BCUT2D eigenvalue weighted by atomic mass is 32.2. The average molecular weight is 419 g/mol. The number of carbonyl (C=O) groups is 2. The van der Waals surface area contributed by atoms with Gasteiger partial charge in [-0.15, -0.1) is 0 Å². The number of methoxy groups -OCH3 is 1. The molecule has 1 heterocycles. The lowest BCUT2D eigenvalue weighted by molar-refractivity contribution is -0.130. The van der Waals surface area contributed by atoms with Gasteiger partial charge < -0.3 is 9.47 Å². The molecule has 0 spiro atoms. The third kappa shape index (κ3) is 5.24. The van der Waals surface area contributed by atoms with Gasteiger partial charge in [0.15, 0.2) is 0 Å². The number of hydrogen-bond donors (Lipinski definition) is 3. The molecule has 3 rings (SSSR count). The maximum Gasteiger partial charge on any atom is 0.269 e. The molecule has 1 atom stereocenters. The smallest absolute Gasteiger partial charge is 0.269 e. The molecule has 9 nitrogen and oxygen atoms in total. The minimum absolute atomic E-state index is 0.0789. The maximum absolute atomic E-state index is 12.6. The van der Waals surface area contributed by atoms with Crippen LogP contribution >= 0.6 is 0 Å². The summed E-state index contributed by atoms with van der Waals surface area (Å²) in [4.78, 5) is 24.1. The number of rotatable bonds is 6. The van der Waals surface area contributed by atoms with Gasteiger partial charge in [0.25, 0.3) is 21.8 Å². The molecule has 3 N–H and O–H groups in total. The summed E-state index contributed by atoms with van der Waals surface area (Å²) in [6.45, 7) is 0.507. The summed E-state index contributed by atoms with van der Waals surface area (Å²) in [5, 5.41) is 0. The molecule has 1 aliphatic heterocycles. The monoisotopic (exact) mass is 419 g/mol. The van der Waals surface area contributed by atoms with Gasteiger partial charge in [-0.05, 0) is 55.3 Å². The Labute approximate surface area is 168 Å². The van der Waals surface area contributed by atoms with Gasteiger partial charge in [0.05, 0.1) is 12.0 Å². The van der Waals surface area contributed by atoms with Gasteiger partial charge in [0.2, 0.25) is 0 Å². The van der Waals surface area contributed by atoms with Gasteiger partial charge in [-0.2, -0.15) is 0 Å². The standard InChI is InChI=1S/C19H21N3O6S/c1-27-15-9-7-14(8-10-15)22-29(25,26)16-5-2-4-13(12-16)18(23)20-21-19(24)17-6-3-11-28-17/h2,4-5,7-10,12,17,22H,3,6,11H2,1H3,(H,20,23)(H,21,24). The van der Waals surface area contributed by atoms with Gasteiger partial charge in [0.1, 0.15) is 11.9 Å². The molecule has 10 heteroatoms. The van der Waals surface area contributed by atoms with E-state index in [-0.39, 0.29) is 10.5 Å². The first kappa shape index (κ1) is 20.6. The zero-order valence-corrected chi connectivity index (χ0v) is 16.5. The summed E-state index contributed by atoms with van der Waals surface area (Å²) in [6.07, 6.45) is 0.787. The second kappa shape index (κ2) is 8.93. The van der Waals surface area contributed by atoms with E-state index in [1.807, 2.05) is 0 Å². The Hall–Kier alpha value is -3.11. The van der Waals surface area contributed by atoms with Crippen molar-refractivity contribution < 1.29 is 27.5 Å². The highest BCUT2D eigenvalue weighted by Gasteiger charge is 2.24. The van der Waals surface area contributed by atoms with E-state index in [0.717, 1.165) is 6.42 Å². The molecule has 1 fully saturated rings. The van der Waals surface area contributed by atoms with Crippen LogP contribution in [0.5, 0.6) is 5.75 Å². The molecule has 154 valence electrons. The number of anilines is 1. The van der Waals surface area contributed by atoms with Crippen LogP contribution in [0.2, 0.25) is 0 Å². The topological polar surface area (TPSA) is 123 Å². The normalized spacial score (nSPS) is 16.1. The van der Waals surface area contributed by atoms with Crippen LogP contribution in [0.25, 0.3) is 0 Å². The lowest BCUT2D eigenvalue weighted by atomic mass is 10.2. The summed E-state index contributed by atoms with van der Waals surface area (Å²) in [5.74, 6) is -0.490. The van der Waals surface area contributed by atoms with Crippen molar-refractivity contribution in [3.63, 3.8) is 0 Å². The Morgan fingerprint density at radius 3 is 2.52 bits per heavy atom. The molecule has 2 amide bonds. The molecule has 2 aromatic rings. The predicted octanol–water partition coefficient (Wildman–Crippen LogP) is 1.44. The van der Waals surface area contributed by atoms with Crippen LogP contribution in [0.15, 0.2) is 53.4 Å². The van der Waals surface area contributed by atoms with E-state index in [0.29, 0.717) is 24.5 Å². The van der Waals surface area contributed by atoms with Crippen molar-refractivity contribution in [1.82, 2.24) is 10.9 Å². The summed E-state index contributed by atoms with van der Waals surface area (Å²) in [6, 6.07) is 11.9. The zero-order chi connectivity index (χ0) is 20.9. The molecule has 1 aliphatic rings. The number of nitrogens with one attached hydrogen (secondary N) is 3. The molecule has 0 bridgehead atoms.